The van der Waals surface area contributed by atoms with Crippen LogP contribution in [0.2, 0.25) is 0 Å². The first-order chi connectivity index (χ1) is 7.06. The Labute approximate surface area is 93.2 Å². The molecule has 0 amide bonds. The van der Waals surface area contributed by atoms with Crippen molar-refractivity contribution in [3.05, 3.63) is 23.3 Å². The molecule has 1 aromatic heterocycles. The van der Waals surface area contributed by atoms with E-state index in [0.717, 1.165) is 18.7 Å². The first-order valence-electron chi connectivity index (χ1n) is 5.92. The van der Waals surface area contributed by atoms with Gasteiger partial charge in [0.1, 0.15) is 5.82 Å². The van der Waals surface area contributed by atoms with Gasteiger partial charge >= 0.3 is 0 Å². The molecule has 0 unspecified atom stereocenters. The Morgan fingerprint density at radius 2 is 1.80 bits per heavy atom. The zero-order chi connectivity index (χ0) is 11.4. The van der Waals surface area contributed by atoms with Crippen LogP contribution < -0.4 is 0 Å². The number of hydrogen-bond acceptors (Lipinski definition) is 2. The van der Waals surface area contributed by atoms with E-state index in [9.17, 15) is 0 Å². The van der Waals surface area contributed by atoms with Crippen LogP contribution in [0.4, 0.5) is 0 Å². The van der Waals surface area contributed by atoms with Gasteiger partial charge in [-0.15, -0.1) is 0 Å². The van der Waals surface area contributed by atoms with E-state index in [4.69, 9.17) is 0 Å². The summed E-state index contributed by atoms with van der Waals surface area (Å²) in [6, 6.07) is 0. The van der Waals surface area contributed by atoms with Gasteiger partial charge in [0, 0.05) is 17.8 Å². The van der Waals surface area contributed by atoms with Crippen LogP contribution in [-0.4, -0.2) is 9.97 Å². The minimum Gasteiger partial charge on any atom is -0.241 e. The number of hydrogen-bond donors (Lipinski definition) is 0. The molecule has 2 nitrogen and oxygen atoms in total. The van der Waals surface area contributed by atoms with Crippen LogP contribution in [0.15, 0.2) is 6.20 Å². The van der Waals surface area contributed by atoms with Gasteiger partial charge in [-0.3, -0.25) is 0 Å². The SMILES string of the molecule is CCCc1cnc(C(C)C)nc1C(C)C. The molecule has 0 fully saturated rings. The minimum absolute atomic E-state index is 0.415. The molecular weight excluding hydrogens is 184 g/mol. The highest BCUT2D eigenvalue weighted by atomic mass is 14.9. The third-order valence-corrected chi connectivity index (χ3v) is 2.50. The number of aryl methyl sites for hydroxylation is 1. The average molecular weight is 206 g/mol. The summed E-state index contributed by atoms with van der Waals surface area (Å²) in [6.07, 6.45) is 4.26. The van der Waals surface area contributed by atoms with Gasteiger partial charge in [-0.25, -0.2) is 9.97 Å². The highest BCUT2D eigenvalue weighted by molar-refractivity contribution is 5.21. The Bertz CT molecular complexity index is 316. The molecule has 1 aromatic rings. The second kappa shape index (κ2) is 5.24. The summed E-state index contributed by atoms with van der Waals surface area (Å²) in [7, 11) is 0. The van der Waals surface area contributed by atoms with Gasteiger partial charge in [0.25, 0.3) is 0 Å². The molecule has 0 bridgehead atoms. The van der Waals surface area contributed by atoms with Crippen LogP contribution in [0.25, 0.3) is 0 Å². The lowest BCUT2D eigenvalue weighted by molar-refractivity contribution is 0.708. The molecule has 0 saturated heterocycles. The van der Waals surface area contributed by atoms with Crippen molar-refractivity contribution in [1.29, 1.82) is 0 Å². The largest absolute Gasteiger partial charge is 0.241 e. The van der Waals surface area contributed by atoms with Crippen molar-refractivity contribution in [2.24, 2.45) is 0 Å². The molecule has 0 aromatic carbocycles. The van der Waals surface area contributed by atoms with Crippen molar-refractivity contribution in [2.75, 3.05) is 0 Å². The highest BCUT2D eigenvalue weighted by Crippen LogP contribution is 2.20. The maximum Gasteiger partial charge on any atom is 0.131 e. The van der Waals surface area contributed by atoms with Crippen molar-refractivity contribution in [2.45, 2.75) is 59.3 Å². The topological polar surface area (TPSA) is 25.8 Å². The monoisotopic (exact) mass is 206 g/mol. The molecule has 0 spiro atoms. The van der Waals surface area contributed by atoms with Crippen LogP contribution in [0, 0.1) is 0 Å². The fraction of sp³-hybridized carbons (Fsp3) is 0.692. The van der Waals surface area contributed by atoms with E-state index < -0.39 is 0 Å². The Balaban J connectivity index is 3.09. The normalized spacial score (nSPS) is 11.4. The lowest BCUT2D eigenvalue weighted by Crippen LogP contribution is -2.06. The summed E-state index contributed by atoms with van der Waals surface area (Å²) in [6.45, 7) is 10.9. The van der Waals surface area contributed by atoms with Crippen LogP contribution >= 0.6 is 0 Å². The van der Waals surface area contributed by atoms with Crippen molar-refractivity contribution in [3.63, 3.8) is 0 Å². The van der Waals surface area contributed by atoms with E-state index >= 15 is 0 Å². The second-order valence-electron chi connectivity index (χ2n) is 4.70. The number of nitrogens with zero attached hydrogens (tertiary/aromatic N) is 2. The van der Waals surface area contributed by atoms with Crippen LogP contribution in [0.5, 0.6) is 0 Å². The van der Waals surface area contributed by atoms with E-state index in [0.29, 0.717) is 11.8 Å². The smallest absolute Gasteiger partial charge is 0.131 e. The first-order valence-corrected chi connectivity index (χ1v) is 5.92. The summed E-state index contributed by atoms with van der Waals surface area (Å²) in [4.78, 5) is 9.11. The number of rotatable bonds is 4. The Kier molecular flexibility index (Phi) is 4.25. The van der Waals surface area contributed by atoms with E-state index in [1.165, 1.54) is 11.3 Å². The first kappa shape index (κ1) is 12.2. The predicted molar refractivity (Wildman–Crippen MR) is 64.2 cm³/mol. The van der Waals surface area contributed by atoms with Gasteiger partial charge in [-0.2, -0.15) is 0 Å². The zero-order valence-corrected chi connectivity index (χ0v) is 10.5. The molecule has 15 heavy (non-hydrogen) atoms. The van der Waals surface area contributed by atoms with Crippen molar-refractivity contribution >= 4 is 0 Å². The number of aromatic nitrogens is 2. The van der Waals surface area contributed by atoms with Gasteiger partial charge in [0.2, 0.25) is 0 Å². The predicted octanol–water partition coefficient (Wildman–Crippen LogP) is 3.68. The molecule has 0 aliphatic heterocycles. The summed E-state index contributed by atoms with van der Waals surface area (Å²) >= 11 is 0. The fourth-order valence-electron chi connectivity index (χ4n) is 1.67. The summed E-state index contributed by atoms with van der Waals surface area (Å²) < 4.78 is 0. The molecular formula is C13H22N2. The van der Waals surface area contributed by atoms with Crippen molar-refractivity contribution in [3.8, 4) is 0 Å². The highest BCUT2D eigenvalue weighted by Gasteiger charge is 2.11. The van der Waals surface area contributed by atoms with Crippen LogP contribution in [-0.2, 0) is 6.42 Å². The van der Waals surface area contributed by atoms with Gasteiger partial charge in [0.15, 0.2) is 0 Å². The third kappa shape index (κ3) is 3.01. The molecule has 0 N–H and O–H groups in total. The molecule has 1 heterocycles. The molecule has 0 radical (unpaired) electrons. The summed E-state index contributed by atoms with van der Waals surface area (Å²) in [5, 5.41) is 0. The average Bonchev–Trinajstić information content (AvgIpc) is 2.18. The summed E-state index contributed by atoms with van der Waals surface area (Å²) in [5.41, 5.74) is 2.55. The van der Waals surface area contributed by atoms with E-state index in [2.05, 4.69) is 44.6 Å². The van der Waals surface area contributed by atoms with E-state index in [1.807, 2.05) is 6.20 Å². The van der Waals surface area contributed by atoms with Crippen LogP contribution in [0.3, 0.4) is 0 Å². The molecule has 0 aliphatic rings. The van der Waals surface area contributed by atoms with Crippen molar-refractivity contribution in [1.82, 2.24) is 9.97 Å². The maximum absolute atomic E-state index is 4.68. The van der Waals surface area contributed by atoms with Gasteiger partial charge in [-0.05, 0) is 17.9 Å². The second-order valence-corrected chi connectivity index (χ2v) is 4.70. The Hall–Kier alpha value is -0.920. The standard InChI is InChI=1S/C13H22N2/c1-6-7-11-8-14-13(10(4)5)15-12(11)9(2)3/h8-10H,6-7H2,1-5H3. The van der Waals surface area contributed by atoms with Gasteiger partial charge < -0.3 is 0 Å². The van der Waals surface area contributed by atoms with E-state index in [1.54, 1.807) is 0 Å². The van der Waals surface area contributed by atoms with Crippen LogP contribution in [0.1, 0.15) is 70.0 Å². The fourth-order valence-corrected chi connectivity index (χ4v) is 1.67. The zero-order valence-electron chi connectivity index (χ0n) is 10.5. The van der Waals surface area contributed by atoms with Gasteiger partial charge in [-0.1, -0.05) is 41.0 Å². The molecule has 2 heteroatoms. The quantitative estimate of drug-likeness (QED) is 0.751. The molecule has 0 atom stereocenters. The summed E-state index contributed by atoms with van der Waals surface area (Å²) in [5.74, 6) is 1.88. The lowest BCUT2D eigenvalue weighted by atomic mass is 10.0. The van der Waals surface area contributed by atoms with E-state index in [-0.39, 0.29) is 0 Å². The maximum atomic E-state index is 4.68. The van der Waals surface area contributed by atoms with Gasteiger partial charge in [0.05, 0.1) is 0 Å². The molecule has 0 aliphatic carbocycles. The Morgan fingerprint density at radius 1 is 1.13 bits per heavy atom. The lowest BCUT2D eigenvalue weighted by Gasteiger charge is -2.13. The Morgan fingerprint density at radius 3 is 2.27 bits per heavy atom. The molecule has 0 saturated carbocycles. The molecule has 1 rings (SSSR count). The van der Waals surface area contributed by atoms with Crippen molar-refractivity contribution < 1.29 is 0 Å². The minimum atomic E-state index is 0.415. The molecule has 84 valence electrons. The third-order valence-electron chi connectivity index (χ3n) is 2.50.